The molecule has 0 aliphatic rings. The lowest BCUT2D eigenvalue weighted by molar-refractivity contribution is 0.405. The summed E-state index contributed by atoms with van der Waals surface area (Å²) >= 11 is 4.56. The largest absolute Gasteiger partial charge is 0.456 e. The van der Waals surface area contributed by atoms with Gasteiger partial charge in [-0.1, -0.05) is 35.7 Å². The third-order valence-electron chi connectivity index (χ3n) is 2.51. The number of hydrogen-bond acceptors (Lipinski definition) is 1. The van der Waals surface area contributed by atoms with E-state index >= 15 is 0 Å². The van der Waals surface area contributed by atoms with Gasteiger partial charge in [-0.3, -0.25) is 0 Å². The van der Waals surface area contributed by atoms with Crippen molar-refractivity contribution in [2.75, 3.05) is 0 Å². The summed E-state index contributed by atoms with van der Waals surface area (Å²) in [5, 5.41) is 0. The average molecular weight is 498 g/mol. The lowest BCUT2D eigenvalue weighted by atomic mass is 10.2. The second-order valence-electron chi connectivity index (χ2n) is 4.10. The molecule has 0 radical (unpaired) electrons. The number of benzene rings is 2. The van der Waals surface area contributed by atoms with Gasteiger partial charge in [-0.05, 0) is 92.7 Å². The van der Waals surface area contributed by atoms with Crippen LogP contribution in [0.25, 0.3) is 12.2 Å². The van der Waals surface area contributed by atoms with E-state index in [1.807, 2.05) is 36.4 Å². The van der Waals surface area contributed by atoms with E-state index in [1.165, 1.54) is 19.7 Å². The number of ether oxygens (including phenoxy) is 1. The Labute approximate surface area is 152 Å². The molecule has 21 heavy (non-hydrogen) atoms. The minimum Gasteiger partial charge on any atom is -0.456 e. The zero-order valence-electron chi connectivity index (χ0n) is 11.1. The molecule has 0 unspecified atom stereocenters. The summed E-state index contributed by atoms with van der Waals surface area (Å²) in [5.74, 6) is 0. The minimum atomic E-state index is 1.09. The first-order valence-corrected chi connectivity index (χ1v) is 8.38. The predicted molar refractivity (Wildman–Crippen MR) is 104 cm³/mol. The van der Waals surface area contributed by atoms with Crippen LogP contribution in [0.3, 0.4) is 0 Å². The molecule has 2 aromatic carbocycles. The van der Waals surface area contributed by atoms with Crippen LogP contribution in [-0.2, 0) is 4.74 Å². The predicted octanol–water partition coefficient (Wildman–Crippen LogP) is 5.86. The summed E-state index contributed by atoms with van der Waals surface area (Å²) in [7, 11) is 0. The average Bonchev–Trinajstić information content (AvgIpc) is 2.50. The Hall–Kier alpha value is -1.26. The molecule has 0 saturated heterocycles. The van der Waals surface area contributed by atoms with Crippen molar-refractivity contribution in [1.82, 2.24) is 0 Å². The van der Waals surface area contributed by atoms with Crippen LogP contribution in [0.15, 0.2) is 72.5 Å². The number of rotatable bonds is 4. The molecule has 104 valence electrons. The molecule has 3 heteroatoms. The van der Waals surface area contributed by atoms with Gasteiger partial charge in [-0.15, -0.1) is 0 Å². The van der Waals surface area contributed by atoms with Gasteiger partial charge in [0.15, 0.2) is 0 Å². The van der Waals surface area contributed by atoms with E-state index in [0.717, 1.165) is 11.1 Å². The molecular formula is C18H12I2O. The molecule has 1 nitrogen and oxygen atoms in total. The van der Waals surface area contributed by atoms with E-state index in [-0.39, 0.29) is 0 Å². The lowest BCUT2D eigenvalue weighted by Gasteiger charge is -1.91. The monoisotopic (exact) mass is 498 g/mol. The molecule has 0 spiro atoms. The summed E-state index contributed by atoms with van der Waals surface area (Å²) in [4.78, 5) is 0. The van der Waals surface area contributed by atoms with Gasteiger partial charge in [0.1, 0.15) is 12.5 Å². The molecule has 0 aromatic heterocycles. The summed E-state index contributed by atoms with van der Waals surface area (Å²) in [6, 6.07) is 16.4. The fourth-order valence-corrected chi connectivity index (χ4v) is 2.21. The maximum Gasteiger partial charge on any atom is 0.133 e. The Morgan fingerprint density at radius 3 is 1.43 bits per heavy atom. The van der Waals surface area contributed by atoms with Crippen molar-refractivity contribution in [1.29, 1.82) is 0 Å². The smallest absolute Gasteiger partial charge is 0.133 e. The molecule has 2 rings (SSSR count). The molecule has 0 atom stereocenters. The minimum absolute atomic E-state index is 1.09. The third kappa shape index (κ3) is 6.36. The van der Waals surface area contributed by atoms with E-state index in [1.54, 1.807) is 0 Å². The molecule has 0 N–H and O–H groups in total. The van der Waals surface area contributed by atoms with E-state index in [2.05, 4.69) is 80.9 Å². The zero-order chi connectivity index (χ0) is 14.9. The molecule has 0 fully saturated rings. The van der Waals surface area contributed by atoms with Crippen LogP contribution in [0.4, 0.5) is 0 Å². The molecule has 0 saturated carbocycles. The fourth-order valence-electron chi connectivity index (χ4n) is 1.49. The van der Waals surface area contributed by atoms with Crippen molar-refractivity contribution >= 4 is 57.3 Å². The molecule has 0 aliphatic carbocycles. The topological polar surface area (TPSA) is 9.23 Å². The third-order valence-corrected chi connectivity index (χ3v) is 3.95. The highest BCUT2D eigenvalue weighted by molar-refractivity contribution is 14.1. The van der Waals surface area contributed by atoms with E-state index in [0.29, 0.717) is 0 Å². The molecular weight excluding hydrogens is 486 g/mol. The van der Waals surface area contributed by atoms with Crippen molar-refractivity contribution in [2.45, 2.75) is 0 Å². The SMILES string of the molecule is Ic1ccc(C=C=COC=C=Cc2ccc(I)cc2)cc1. The molecule has 0 heterocycles. The van der Waals surface area contributed by atoms with Crippen molar-refractivity contribution < 1.29 is 4.74 Å². The van der Waals surface area contributed by atoms with Crippen LogP contribution in [0.5, 0.6) is 0 Å². The molecule has 0 aliphatic heterocycles. The Bertz CT molecular complexity index is 636. The maximum atomic E-state index is 5.19. The van der Waals surface area contributed by atoms with Crippen molar-refractivity contribution in [3.63, 3.8) is 0 Å². The van der Waals surface area contributed by atoms with Gasteiger partial charge in [0, 0.05) is 7.14 Å². The van der Waals surface area contributed by atoms with Crippen LogP contribution >= 0.6 is 45.2 Å². The van der Waals surface area contributed by atoms with Crippen LogP contribution < -0.4 is 0 Å². The summed E-state index contributed by atoms with van der Waals surface area (Å²) in [6.45, 7) is 0. The van der Waals surface area contributed by atoms with Crippen LogP contribution in [0.1, 0.15) is 11.1 Å². The Morgan fingerprint density at radius 2 is 1.05 bits per heavy atom. The van der Waals surface area contributed by atoms with Crippen LogP contribution in [0.2, 0.25) is 0 Å². The van der Waals surface area contributed by atoms with E-state index in [4.69, 9.17) is 4.74 Å². The van der Waals surface area contributed by atoms with Gasteiger partial charge >= 0.3 is 0 Å². The maximum absolute atomic E-state index is 5.19. The Morgan fingerprint density at radius 1 is 0.667 bits per heavy atom. The van der Waals surface area contributed by atoms with Gasteiger partial charge in [0.2, 0.25) is 0 Å². The number of hydrogen-bond donors (Lipinski definition) is 0. The van der Waals surface area contributed by atoms with Crippen molar-refractivity contribution in [3.05, 3.63) is 90.8 Å². The quantitative estimate of drug-likeness (QED) is 0.292. The summed E-state index contributed by atoms with van der Waals surface area (Å²) in [6.07, 6.45) is 6.75. The van der Waals surface area contributed by atoms with E-state index < -0.39 is 0 Å². The second kappa shape index (κ2) is 8.90. The first-order chi connectivity index (χ1) is 10.2. The van der Waals surface area contributed by atoms with Gasteiger partial charge in [0.05, 0.1) is 0 Å². The van der Waals surface area contributed by atoms with Gasteiger partial charge in [0.25, 0.3) is 0 Å². The van der Waals surface area contributed by atoms with Crippen molar-refractivity contribution in [2.24, 2.45) is 0 Å². The highest BCUT2D eigenvalue weighted by atomic mass is 127. The second-order valence-corrected chi connectivity index (χ2v) is 6.59. The van der Waals surface area contributed by atoms with Crippen LogP contribution in [-0.4, -0.2) is 0 Å². The zero-order valence-corrected chi connectivity index (χ0v) is 15.4. The van der Waals surface area contributed by atoms with E-state index in [9.17, 15) is 0 Å². The fraction of sp³-hybridized carbons (Fsp3) is 0. The summed E-state index contributed by atoms with van der Waals surface area (Å²) < 4.78 is 7.62. The normalized spacial score (nSPS) is 9.05. The molecule has 2 aromatic rings. The highest BCUT2D eigenvalue weighted by Gasteiger charge is 1.86. The highest BCUT2D eigenvalue weighted by Crippen LogP contribution is 2.08. The lowest BCUT2D eigenvalue weighted by Crippen LogP contribution is -1.72. The first kappa shape index (κ1) is 16.1. The van der Waals surface area contributed by atoms with Gasteiger partial charge < -0.3 is 4.74 Å². The molecule has 0 amide bonds. The van der Waals surface area contributed by atoms with Gasteiger partial charge in [-0.2, -0.15) is 0 Å². The van der Waals surface area contributed by atoms with Crippen LogP contribution in [0, 0.1) is 7.14 Å². The first-order valence-electron chi connectivity index (χ1n) is 6.22. The number of halogens is 2. The summed E-state index contributed by atoms with van der Waals surface area (Å²) in [5.41, 5.74) is 8.12. The Balaban J connectivity index is 1.88. The van der Waals surface area contributed by atoms with Crippen molar-refractivity contribution in [3.8, 4) is 0 Å². The standard InChI is InChI=1S/C18H12I2O/c19-17-9-5-15(6-10-17)3-1-13-21-14-2-4-16-7-11-18(20)12-8-16/h3-14H. The molecule has 0 bridgehead atoms. The van der Waals surface area contributed by atoms with Gasteiger partial charge in [-0.25, -0.2) is 0 Å². The Kier molecular flexibility index (Phi) is 6.83.